The van der Waals surface area contributed by atoms with Crippen molar-refractivity contribution in [3.05, 3.63) is 47.5 Å². The van der Waals surface area contributed by atoms with Gasteiger partial charge in [0, 0.05) is 23.4 Å². The lowest BCUT2D eigenvalue weighted by molar-refractivity contribution is -0.141. The monoisotopic (exact) mass is 299 g/mol. The molecule has 3 nitrogen and oxygen atoms in total. The van der Waals surface area contributed by atoms with Crippen molar-refractivity contribution in [1.29, 1.82) is 0 Å². The highest BCUT2D eigenvalue weighted by Gasteiger charge is 2.32. The Bertz CT molecular complexity index is 666. The molecule has 0 aliphatic carbocycles. The third kappa shape index (κ3) is 3.01. The van der Waals surface area contributed by atoms with Crippen LogP contribution in [-0.4, -0.2) is 18.4 Å². The van der Waals surface area contributed by atoms with Crippen molar-refractivity contribution in [2.24, 2.45) is 0 Å². The van der Waals surface area contributed by atoms with E-state index in [9.17, 15) is 22.4 Å². The van der Waals surface area contributed by atoms with Gasteiger partial charge in [0.2, 0.25) is 0 Å². The van der Waals surface area contributed by atoms with Crippen molar-refractivity contribution in [3.8, 4) is 16.9 Å². The molecular weight excluding hydrogens is 290 g/mol. The fourth-order valence-corrected chi connectivity index (χ4v) is 1.78. The first-order valence-corrected chi connectivity index (χ1v) is 5.73. The van der Waals surface area contributed by atoms with Gasteiger partial charge in [-0.3, -0.25) is 9.78 Å². The second kappa shape index (κ2) is 5.51. The van der Waals surface area contributed by atoms with E-state index in [0.717, 1.165) is 24.4 Å². The van der Waals surface area contributed by atoms with Gasteiger partial charge in [0.1, 0.15) is 17.3 Å². The Balaban J connectivity index is 2.49. The van der Waals surface area contributed by atoms with E-state index in [-0.39, 0.29) is 22.4 Å². The molecular formula is C14H9F4NO2. The van der Waals surface area contributed by atoms with E-state index in [0.29, 0.717) is 6.29 Å². The van der Waals surface area contributed by atoms with Crippen LogP contribution in [0.1, 0.15) is 16.1 Å². The van der Waals surface area contributed by atoms with E-state index in [1.807, 2.05) is 0 Å². The quantitative estimate of drug-likeness (QED) is 0.640. The summed E-state index contributed by atoms with van der Waals surface area (Å²) in [5.41, 5.74) is -0.880. The molecule has 0 unspecified atom stereocenters. The number of benzene rings is 1. The van der Waals surface area contributed by atoms with Gasteiger partial charge >= 0.3 is 6.18 Å². The molecule has 0 radical (unpaired) electrons. The van der Waals surface area contributed by atoms with Crippen LogP contribution in [0.4, 0.5) is 17.6 Å². The molecule has 0 atom stereocenters. The van der Waals surface area contributed by atoms with E-state index in [4.69, 9.17) is 4.74 Å². The van der Waals surface area contributed by atoms with Gasteiger partial charge in [-0.15, -0.1) is 0 Å². The van der Waals surface area contributed by atoms with Gasteiger partial charge in [0.15, 0.2) is 6.29 Å². The van der Waals surface area contributed by atoms with Crippen LogP contribution in [0.3, 0.4) is 0 Å². The number of ether oxygens (including phenoxy) is 1. The van der Waals surface area contributed by atoms with Gasteiger partial charge in [-0.2, -0.15) is 13.2 Å². The first-order chi connectivity index (χ1) is 9.86. The first kappa shape index (κ1) is 15.0. The zero-order valence-electron chi connectivity index (χ0n) is 10.7. The first-order valence-electron chi connectivity index (χ1n) is 5.73. The molecule has 2 rings (SSSR count). The normalized spacial score (nSPS) is 11.3. The van der Waals surface area contributed by atoms with Crippen molar-refractivity contribution in [2.75, 3.05) is 7.11 Å². The van der Waals surface area contributed by atoms with Gasteiger partial charge in [0.05, 0.1) is 12.7 Å². The maximum absolute atomic E-state index is 13.9. The van der Waals surface area contributed by atoms with Gasteiger partial charge in [-0.25, -0.2) is 4.39 Å². The molecule has 0 fully saturated rings. The minimum atomic E-state index is -4.56. The lowest BCUT2D eigenvalue weighted by Crippen LogP contribution is -2.07. The summed E-state index contributed by atoms with van der Waals surface area (Å²) in [5.74, 6) is -0.676. The standard InChI is InChI=1S/C14H9F4NO2/c1-21-12-5-11(15)10(4-9(12)7-20)8-2-3-13(19-6-8)14(16,17)18/h2-7H,1H3. The van der Waals surface area contributed by atoms with Crippen LogP contribution in [0, 0.1) is 5.82 Å². The number of hydrogen-bond donors (Lipinski definition) is 0. The Kier molecular flexibility index (Phi) is 3.93. The highest BCUT2D eigenvalue weighted by molar-refractivity contribution is 5.83. The Morgan fingerprint density at radius 3 is 2.43 bits per heavy atom. The number of alkyl halides is 3. The summed E-state index contributed by atoms with van der Waals surface area (Å²) >= 11 is 0. The maximum Gasteiger partial charge on any atom is 0.433 e. The van der Waals surface area contributed by atoms with E-state index in [1.165, 1.54) is 13.2 Å². The highest BCUT2D eigenvalue weighted by atomic mass is 19.4. The van der Waals surface area contributed by atoms with Gasteiger partial charge < -0.3 is 4.74 Å². The molecule has 0 N–H and O–H groups in total. The fraction of sp³-hybridized carbons (Fsp3) is 0.143. The Hall–Kier alpha value is -2.44. The minimum absolute atomic E-state index is 0.0286. The van der Waals surface area contributed by atoms with E-state index in [1.54, 1.807) is 0 Å². The van der Waals surface area contributed by atoms with Crippen LogP contribution in [0.5, 0.6) is 5.75 Å². The zero-order chi connectivity index (χ0) is 15.6. The average molecular weight is 299 g/mol. The number of hydrogen-bond acceptors (Lipinski definition) is 3. The molecule has 21 heavy (non-hydrogen) atoms. The largest absolute Gasteiger partial charge is 0.496 e. The van der Waals surface area contributed by atoms with Crippen molar-refractivity contribution in [1.82, 2.24) is 4.98 Å². The predicted octanol–water partition coefficient (Wildman–Crippen LogP) is 3.73. The summed E-state index contributed by atoms with van der Waals surface area (Å²) in [6.45, 7) is 0. The summed E-state index contributed by atoms with van der Waals surface area (Å²) in [5, 5.41) is 0. The van der Waals surface area contributed by atoms with Gasteiger partial charge in [-0.05, 0) is 12.1 Å². The molecule has 1 aromatic heterocycles. The third-order valence-electron chi connectivity index (χ3n) is 2.81. The van der Waals surface area contributed by atoms with Crippen LogP contribution in [0.25, 0.3) is 11.1 Å². The number of carbonyl (C=O) groups excluding carboxylic acids is 1. The van der Waals surface area contributed by atoms with Crippen molar-refractivity contribution < 1.29 is 27.1 Å². The summed E-state index contributed by atoms with van der Waals surface area (Å²) in [6.07, 6.45) is -3.19. The van der Waals surface area contributed by atoms with E-state index < -0.39 is 17.7 Å². The smallest absolute Gasteiger partial charge is 0.433 e. The van der Waals surface area contributed by atoms with Crippen molar-refractivity contribution >= 4 is 6.29 Å². The lowest BCUT2D eigenvalue weighted by atomic mass is 10.0. The van der Waals surface area contributed by atoms with Crippen molar-refractivity contribution in [2.45, 2.75) is 6.18 Å². The molecule has 1 aromatic carbocycles. The molecule has 0 bridgehead atoms. The third-order valence-corrected chi connectivity index (χ3v) is 2.81. The zero-order valence-corrected chi connectivity index (χ0v) is 10.7. The maximum atomic E-state index is 13.9. The van der Waals surface area contributed by atoms with Crippen LogP contribution in [-0.2, 0) is 6.18 Å². The summed E-state index contributed by atoms with van der Waals surface area (Å²) in [4.78, 5) is 14.2. The Morgan fingerprint density at radius 1 is 1.24 bits per heavy atom. The molecule has 0 spiro atoms. The predicted molar refractivity (Wildman–Crippen MR) is 66.6 cm³/mol. The van der Waals surface area contributed by atoms with Crippen LogP contribution >= 0.6 is 0 Å². The topological polar surface area (TPSA) is 39.2 Å². The lowest BCUT2D eigenvalue weighted by Gasteiger charge is -2.10. The number of aromatic nitrogens is 1. The molecule has 1 heterocycles. The molecule has 0 aliphatic rings. The highest BCUT2D eigenvalue weighted by Crippen LogP contribution is 2.31. The molecule has 0 aliphatic heterocycles. The number of carbonyl (C=O) groups is 1. The number of nitrogens with zero attached hydrogens (tertiary/aromatic N) is 1. The van der Waals surface area contributed by atoms with E-state index in [2.05, 4.69) is 4.98 Å². The molecule has 7 heteroatoms. The summed E-state index contributed by atoms with van der Waals surface area (Å²) < 4.78 is 56.0. The SMILES string of the molecule is COc1cc(F)c(-c2ccc(C(F)(F)F)nc2)cc1C=O. The molecule has 0 amide bonds. The molecule has 0 saturated carbocycles. The van der Waals surface area contributed by atoms with Gasteiger partial charge in [0.25, 0.3) is 0 Å². The average Bonchev–Trinajstić information content (AvgIpc) is 2.46. The number of methoxy groups -OCH3 is 1. The number of rotatable bonds is 3. The molecule has 0 saturated heterocycles. The number of pyridine rings is 1. The Labute approximate surface area is 117 Å². The number of aldehydes is 1. The molecule has 110 valence electrons. The summed E-state index contributed by atoms with van der Waals surface area (Å²) in [6, 6.07) is 4.04. The van der Waals surface area contributed by atoms with Crippen LogP contribution in [0.2, 0.25) is 0 Å². The number of halogens is 4. The second-order valence-electron chi connectivity index (χ2n) is 4.12. The van der Waals surface area contributed by atoms with Gasteiger partial charge in [-0.1, -0.05) is 6.07 Å². The second-order valence-corrected chi connectivity index (χ2v) is 4.12. The Morgan fingerprint density at radius 2 is 1.95 bits per heavy atom. The van der Waals surface area contributed by atoms with Crippen molar-refractivity contribution in [3.63, 3.8) is 0 Å². The fourth-order valence-electron chi connectivity index (χ4n) is 1.78. The molecule has 2 aromatic rings. The van der Waals surface area contributed by atoms with E-state index >= 15 is 0 Å². The van der Waals surface area contributed by atoms with Crippen LogP contribution < -0.4 is 4.74 Å². The van der Waals surface area contributed by atoms with Crippen LogP contribution in [0.15, 0.2) is 30.5 Å². The summed E-state index contributed by atoms with van der Waals surface area (Å²) in [7, 11) is 1.28. The minimum Gasteiger partial charge on any atom is -0.496 e.